The van der Waals surface area contributed by atoms with E-state index < -0.39 is 0 Å². The van der Waals surface area contributed by atoms with Gasteiger partial charge < -0.3 is 10.1 Å². The quantitative estimate of drug-likeness (QED) is 0.790. The normalized spacial score (nSPS) is 26.9. The van der Waals surface area contributed by atoms with Crippen molar-refractivity contribution in [3.8, 4) is 0 Å². The predicted octanol–water partition coefficient (Wildman–Crippen LogP) is 2.57. The molecule has 4 heteroatoms. The molecule has 0 saturated carbocycles. The van der Waals surface area contributed by atoms with Gasteiger partial charge in [0.2, 0.25) is 5.91 Å². The Morgan fingerprint density at radius 2 is 2.18 bits per heavy atom. The molecule has 1 amide bonds. The molecule has 1 heterocycles. The number of carbonyl (C=O) groups excluding carboxylic acids is 1. The van der Waals surface area contributed by atoms with E-state index in [1.807, 2.05) is 6.92 Å². The fourth-order valence-electron chi connectivity index (χ4n) is 2.12. The summed E-state index contributed by atoms with van der Waals surface area (Å²) in [6, 6.07) is 0.128. The molecule has 0 spiro atoms. The Kier molecular flexibility index (Phi) is 5.26. The maximum Gasteiger partial charge on any atom is 0.225 e. The van der Waals surface area contributed by atoms with Crippen molar-refractivity contribution in [2.45, 2.75) is 52.7 Å². The third-order valence-corrected chi connectivity index (χ3v) is 3.55. The lowest BCUT2D eigenvalue weighted by Crippen LogP contribution is -2.46. The van der Waals surface area contributed by atoms with E-state index in [0.717, 1.165) is 12.8 Å². The number of ether oxygens (including phenoxy) is 1. The van der Waals surface area contributed by atoms with Crippen LogP contribution in [0.1, 0.15) is 40.5 Å². The maximum atomic E-state index is 12.1. The van der Waals surface area contributed by atoms with E-state index in [1.54, 1.807) is 0 Å². The fourth-order valence-corrected chi connectivity index (χ4v) is 2.34. The molecule has 3 atom stereocenters. The lowest BCUT2D eigenvalue weighted by atomic mass is 9.84. The number of alkyl halides is 1. The molecule has 17 heavy (non-hydrogen) atoms. The molecule has 0 aromatic rings. The summed E-state index contributed by atoms with van der Waals surface area (Å²) in [6.45, 7) is 8.92. The molecule has 1 rings (SSSR count). The minimum atomic E-state index is 0.00479. The summed E-state index contributed by atoms with van der Waals surface area (Å²) in [4.78, 5) is 12.1. The van der Waals surface area contributed by atoms with Crippen molar-refractivity contribution in [3.05, 3.63) is 0 Å². The van der Waals surface area contributed by atoms with Crippen molar-refractivity contribution >= 4 is 17.5 Å². The smallest absolute Gasteiger partial charge is 0.225 e. The summed E-state index contributed by atoms with van der Waals surface area (Å²) in [5.41, 5.74) is 0.0373. The summed E-state index contributed by atoms with van der Waals surface area (Å²) in [5.74, 6) is 0.685. The van der Waals surface area contributed by atoms with E-state index in [2.05, 4.69) is 26.1 Å². The van der Waals surface area contributed by atoms with Gasteiger partial charge in [-0.1, -0.05) is 20.8 Å². The SMILES string of the molecule is CC1CC(C(=O)NC(CCCl)C(C)(C)C)CO1. The van der Waals surface area contributed by atoms with Crippen LogP contribution in [0.15, 0.2) is 0 Å². The van der Waals surface area contributed by atoms with Crippen molar-refractivity contribution < 1.29 is 9.53 Å². The number of nitrogens with one attached hydrogen (secondary N) is 1. The lowest BCUT2D eigenvalue weighted by molar-refractivity contribution is -0.126. The van der Waals surface area contributed by atoms with E-state index in [1.165, 1.54) is 0 Å². The number of amides is 1. The standard InChI is InChI=1S/C13H24ClNO2/c1-9-7-10(8-17-9)12(16)15-11(5-6-14)13(2,3)4/h9-11H,5-8H2,1-4H3,(H,15,16). The Balaban J connectivity index is 2.52. The highest BCUT2D eigenvalue weighted by Crippen LogP contribution is 2.24. The average Bonchev–Trinajstić information content (AvgIpc) is 2.62. The second-order valence-corrected chi connectivity index (χ2v) is 6.36. The van der Waals surface area contributed by atoms with Gasteiger partial charge in [0.05, 0.1) is 18.6 Å². The van der Waals surface area contributed by atoms with Gasteiger partial charge in [-0.2, -0.15) is 0 Å². The highest BCUT2D eigenvalue weighted by Gasteiger charge is 2.32. The summed E-state index contributed by atoms with van der Waals surface area (Å²) in [6.07, 6.45) is 1.83. The van der Waals surface area contributed by atoms with E-state index >= 15 is 0 Å². The van der Waals surface area contributed by atoms with Crippen molar-refractivity contribution in [2.24, 2.45) is 11.3 Å². The minimum absolute atomic E-state index is 0.00479. The summed E-state index contributed by atoms with van der Waals surface area (Å²) in [5, 5.41) is 3.12. The molecular weight excluding hydrogens is 238 g/mol. The molecule has 3 nitrogen and oxygen atoms in total. The third kappa shape index (κ3) is 4.47. The summed E-state index contributed by atoms with van der Waals surface area (Å²) >= 11 is 5.79. The van der Waals surface area contributed by atoms with E-state index in [4.69, 9.17) is 16.3 Å². The number of hydrogen-bond donors (Lipinski definition) is 1. The van der Waals surface area contributed by atoms with Crippen LogP contribution in [0.3, 0.4) is 0 Å². The zero-order valence-corrected chi connectivity index (χ0v) is 12.0. The highest BCUT2D eigenvalue weighted by molar-refractivity contribution is 6.17. The molecule has 0 bridgehead atoms. The second kappa shape index (κ2) is 6.05. The average molecular weight is 262 g/mol. The Morgan fingerprint density at radius 1 is 1.53 bits per heavy atom. The first-order valence-electron chi connectivity index (χ1n) is 6.32. The minimum Gasteiger partial charge on any atom is -0.378 e. The Morgan fingerprint density at radius 3 is 2.59 bits per heavy atom. The molecule has 1 N–H and O–H groups in total. The first-order valence-corrected chi connectivity index (χ1v) is 6.86. The van der Waals surface area contributed by atoms with Gasteiger partial charge in [-0.15, -0.1) is 11.6 Å². The van der Waals surface area contributed by atoms with Gasteiger partial charge in [-0.05, 0) is 25.2 Å². The van der Waals surface area contributed by atoms with E-state index in [9.17, 15) is 4.79 Å². The van der Waals surface area contributed by atoms with Gasteiger partial charge >= 0.3 is 0 Å². The Labute approximate surface area is 109 Å². The third-order valence-electron chi connectivity index (χ3n) is 3.33. The molecule has 1 aliphatic rings. The van der Waals surface area contributed by atoms with E-state index in [0.29, 0.717) is 12.5 Å². The Bertz CT molecular complexity index is 263. The molecule has 3 unspecified atom stereocenters. The number of halogens is 1. The molecular formula is C13H24ClNO2. The number of carbonyl (C=O) groups is 1. The molecule has 1 saturated heterocycles. The molecule has 1 aliphatic heterocycles. The van der Waals surface area contributed by atoms with Crippen LogP contribution in [0.4, 0.5) is 0 Å². The van der Waals surface area contributed by atoms with Crippen molar-refractivity contribution in [1.82, 2.24) is 5.32 Å². The van der Waals surface area contributed by atoms with Gasteiger partial charge in [0.1, 0.15) is 0 Å². The zero-order chi connectivity index (χ0) is 13.1. The van der Waals surface area contributed by atoms with Crippen LogP contribution in [0.2, 0.25) is 0 Å². The second-order valence-electron chi connectivity index (χ2n) is 5.98. The fraction of sp³-hybridized carbons (Fsp3) is 0.923. The largest absolute Gasteiger partial charge is 0.378 e. The molecule has 100 valence electrons. The van der Waals surface area contributed by atoms with Crippen molar-refractivity contribution in [3.63, 3.8) is 0 Å². The van der Waals surface area contributed by atoms with Gasteiger partial charge in [0, 0.05) is 11.9 Å². The van der Waals surface area contributed by atoms with Gasteiger partial charge in [0.25, 0.3) is 0 Å². The molecule has 0 aromatic heterocycles. The zero-order valence-electron chi connectivity index (χ0n) is 11.3. The summed E-state index contributed by atoms with van der Waals surface area (Å²) < 4.78 is 5.43. The first-order chi connectivity index (χ1) is 7.84. The molecule has 1 fully saturated rings. The van der Waals surface area contributed by atoms with Crippen molar-refractivity contribution in [2.75, 3.05) is 12.5 Å². The Hall–Kier alpha value is -0.280. The van der Waals surface area contributed by atoms with Crippen LogP contribution in [-0.2, 0) is 9.53 Å². The summed E-state index contributed by atoms with van der Waals surface area (Å²) in [7, 11) is 0. The van der Waals surface area contributed by atoms with Gasteiger partial charge in [-0.25, -0.2) is 0 Å². The van der Waals surface area contributed by atoms with Crippen LogP contribution < -0.4 is 5.32 Å². The van der Waals surface area contributed by atoms with Crippen LogP contribution in [-0.4, -0.2) is 30.5 Å². The van der Waals surface area contributed by atoms with Crippen LogP contribution >= 0.6 is 11.6 Å². The molecule has 0 radical (unpaired) electrons. The monoisotopic (exact) mass is 261 g/mol. The van der Waals surface area contributed by atoms with E-state index in [-0.39, 0.29) is 29.4 Å². The molecule has 0 aromatic carbocycles. The van der Waals surface area contributed by atoms with Crippen LogP contribution in [0.25, 0.3) is 0 Å². The van der Waals surface area contributed by atoms with Gasteiger partial charge in [0.15, 0.2) is 0 Å². The first kappa shape index (κ1) is 14.8. The van der Waals surface area contributed by atoms with Gasteiger partial charge in [-0.3, -0.25) is 4.79 Å². The van der Waals surface area contributed by atoms with Crippen LogP contribution in [0.5, 0.6) is 0 Å². The van der Waals surface area contributed by atoms with Crippen molar-refractivity contribution in [1.29, 1.82) is 0 Å². The number of hydrogen-bond acceptors (Lipinski definition) is 2. The highest BCUT2D eigenvalue weighted by atomic mass is 35.5. The molecule has 0 aliphatic carbocycles. The number of rotatable bonds is 4. The lowest BCUT2D eigenvalue weighted by Gasteiger charge is -2.31. The predicted molar refractivity (Wildman–Crippen MR) is 70.2 cm³/mol. The maximum absolute atomic E-state index is 12.1. The van der Waals surface area contributed by atoms with Crippen LogP contribution in [0, 0.1) is 11.3 Å². The topological polar surface area (TPSA) is 38.3 Å².